The zero-order chi connectivity index (χ0) is 14.9. The van der Waals surface area contributed by atoms with Crippen molar-refractivity contribution in [2.45, 2.75) is 13.3 Å². The van der Waals surface area contributed by atoms with Gasteiger partial charge in [-0.3, -0.25) is 4.40 Å². The summed E-state index contributed by atoms with van der Waals surface area (Å²) in [6.07, 6.45) is 4.17. The van der Waals surface area contributed by atoms with Crippen molar-refractivity contribution in [1.29, 1.82) is 0 Å². The molecule has 0 spiro atoms. The van der Waals surface area contributed by atoms with Gasteiger partial charge < -0.3 is 4.52 Å². The number of rotatable bonds is 3. The van der Waals surface area contributed by atoms with Crippen molar-refractivity contribution in [2.75, 3.05) is 0 Å². The Bertz CT molecular complexity index is 940. The average Bonchev–Trinajstić information content (AvgIpc) is 3.17. The lowest BCUT2D eigenvalue weighted by molar-refractivity contribution is 0.385. The summed E-state index contributed by atoms with van der Waals surface area (Å²) in [6.45, 7) is 2.08. The molecule has 0 fully saturated rings. The molecule has 0 amide bonds. The molecule has 6 nitrogen and oxygen atoms in total. The van der Waals surface area contributed by atoms with Gasteiger partial charge in [0, 0.05) is 11.8 Å². The van der Waals surface area contributed by atoms with Crippen molar-refractivity contribution in [2.24, 2.45) is 0 Å². The fourth-order valence-electron chi connectivity index (χ4n) is 2.38. The standard InChI is InChI=1S/C16H13N5O/c1-11-4-2-3-5-12(11)8-15-18-16(20-22-15)13-6-7-14-19-17-10-21(14)9-13/h2-7,9-10H,8H2,1H3. The first kappa shape index (κ1) is 12.7. The highest BCUT2D eigenvalue weighted by Gasteiger charge is 2.11. The second kappa shape index (κ2) is 5.07. The van der Waals surface area contributed by atoms with Crippen LogP contribution >= 0.6 is 0 Å². The van der Waals surface area contributed by atoms with Crippen LogP contribution in [0, 0.1) is 6.92 Å². The topological polar surface area (TPSA) is 69.1 Å². The van der Waals surface area contributed by atoms with E-state index < -0.39 is 0 Å². The third-order valence-electron chi connectivity index (χ3n) is 3.62. The number of nitrogens with zero attached hydrogens (tertiary/aromatic N) is 5. The van der Waals surface area contributed by atoms with Gasteiger partial charge in [-0.25, -0.2) is 0 Å². The summed E-state index contributed by atoms with van der Waals surface area (Å²) in [5.41, 5.74) is 4.06. The Labute approximate surface area is 126 Å². The highest BCUT2D eigenvalue weighted by atomic mass is 16.5. The van der Waals surface area contributed by atoms with Crippen molar-refractivity contribution in [3.8, 4) is 11.4 Å². The van der Waals surface area contributed by atoms with E-state index in [1.165, 1.54) is 11.1 Å². The molecule has 3 aromatic heterocycles. The summed E-state index contributed by atoms with van der Waals surface area (Å²) in [7, 11) is 0. The highest BCUT2D eigenvalue weighted by molar-refractivity contribution is 5.56. The molecule has 0 aliphatic heterocycles. The number of fused-ring (bicyclic) bond motifs is 1. The summed E-state index contributed by atoms with van der Waals surface area (Å²) in [5, 5.41) is 11.9. The largest absolute Gasteiger partial charge is 0.339 e. The zero-order valence-corrected chi connectivity index (χ0v) is 12.0. The lowest BCUT2D eigenvalue weighted by atomic mass is 10.1. The summed E-state index contributed by atoms with van der Waals surface area (Å²) in [5.74, 6) is 1.17. The maximum Gasteiger partial charge on any atom is 0.231 e. The van der Waals surface area contributed by atoms with Crippen LogP contribution in [0.4, 0.5) is 0 Å². The summed E-state index contributed by atoms with van der Waals surface area (Å²) >= 11 is 0. The van der Waals surface area contributed by atoms with Crippen LogP contribution in [-0.2, 0) is 6.42 Å². The van der Waals surface area contributed by atoms with Crippen LogP contribution in [0.3, 0.4) is 0 Å². The van der Waals surface area contributed by atoms with Gasteiger partial charge in [0.15, 0.2) is 5.65 Å². The van der Waals surface area contributed by atoms with Crippen LogP contribution in [-0.4, -0.2) is 24.7 Å². The van der Waals surface area contributed by atoms with Crippen LogP contribution in [0.25, 0.3) is 17.0 Å². The molecule has 22 heavy (non-hydrogen) atoms. The number of hydrogen-bond donors (Lipinski definition) is 0. The van der Waals surface area contributed by atoms with Gasteiger partial charge >= 0.3 is 0 Å². The Morgan fingerprint density at radius 1 is 1.14 bits per heavy atom. The van der Waals surface area contributed by atoms with Gasteiger partial charge in [-0.05, 0) is 30.2 Å². The Balaban J connectivity index is 1.64. The molecule has 6 heteroatoms. The lowest BCUT2D eigenvalue weighted by Crippen LogP contribution is -1.92. The molecule has 0 bridgehead atoms. The van der Waals surface area contributed by atoms with Crippen LogP contribution in [0.5, 0.6) is 0 Å². The minimum absolute atomic E-state index is 0.569. The molecule has 0 radical (unpaired) electrons. The normalized spacial score (nSPS) is 11.1. The van der Waals surface area contributed by atoms with Crippen LogP contribution in [0.1, 0.15) is 17.0 Å². The van der Waals surface area contributed by atoms with E-state index in [4.69, 9.17) is 4.52 Å². The van der Waals surface area contributed by atoms with Gasteiger partial charge in [-0.1, -0.05) is 29.4 Å². The predicted octanol–water partition coefficient (Wildman–Crippen LogP) is 2.68. The predicted molar refractivity (Wildman–Crippen MR) is 80.3 cm³/mol. The maximum absolute atomic E-state index is 5.37. The molecular formula is C16H13N5O. The molecule has 0 saturated carbocycles. The van der Waals surface area contributed by atoms with Crippen molar-refractivity contribution in [3.63, 3.8) is 0 Å². The second-order valence-electron chi connectivity index (χ2n) is 5.13. The Morgan fingerprint density at radius 3 is 2.95 bits per heavy atom. The molecular weight excluding hydrogens is 278 g/mol. The Morgan fingerprint density at radius 2 is 2.05 bits per heavy atom. The first-order valence-electron chi connectivity index (χ1n) is 6.96. The molecule has 4 rings (SSSR count). The lowest BCUT2D eigenvalue weighted by Gasteiger charge is -2.00. The minimum atomic E-state index is 0.569. The van der Waals surface area contributed by atoms with E-state index >= 15 is 0 Å². The van der Waals surface area contributed by atoms with E-state index in [2.05, 4.69) is 39.4 Å². The van der Waals surface area contributed by atoms with E-state index in [0.717, 1.165) is 11.2 Å². The van der Waals surface area contributed by atoms with Crippen molar-refractivity contribution < 1.29 is 4.52 Å². The first-order chi connectivity index (χ1) is 10.8. The highest BCUT2D eigenvalue weighted by Crippen LogP contribution is 2.18. The number of hydrogen-bond acceptors (Lipinski definition) is 5. The molecule has 0 N–H and O–H groups in total. The van der Waals surface area contributed by atoms with E-state index in [0.29, 0.717) is 18.1 Å². The molecule has 0 atom stereocenters. The van der Waals surface area contributed by atoms with Gasteiger partial charge in [0.25, 0.3) is 0 Å². The van der Waals surface area contributed by atoms with E-state index in [1.807, 2.05) is 34.9 Å². The van der Waals surface area contributed by atoms with E-state index in [1.54, 1.807) is 6.33 Å². The first-order valence-corrected chi connectivity index (χ1v) is 6.96. The molecule has 0 unspecified atom stereocenters. The van der Waals surface area contributed by atoms with Gasteiger partial charge in [-0.2, -0.15) is 4.98 Å². The van der Waals surface area contributed by atoms with Crippen molar-refractivity contribution in [1.82, 2.24) is 24.7 Å². The number of benzene rings is 1. The van der Waals surface area contributed by atoms with Crippen LogP contribution < -0.4 is 0 Å². The number of pyridine rings is 1. The summed E-state index contributed by atoms with van der Waals surface area (Å²) in [4.78, 5) is 4.48. The fourth-order valence-corrected chi connectivity index (χ4v) is 2.38. The van der Waals surface area contributed by atoms with Gasteiger partial charge in [0.05, 0.1) is 6.42 Å². The third-order valence-corrected chi connectivity index (χ3v) is 3.62. The molecule has 0 aliphatic carbocycles. The smallest absolute Gasteiger partial charge is 0.231 e. The van der Waals surface area contributed by atoms with E-state index in [9.17, 15) is 0 Å². The van der Waals surface area contributed by atoms with Crippen molar-refractivity contribution >= 4 is 5.65 Å². The Kier molecular flexibility index (Phi) is 2.93. The van der Waals surface area contributed by atoms with Crippen LogP contribution in [0.15, 0.2) is 53.4 Å². The fraction of sp³-hybridized carbons (Fsp3) is 0.125. The monoisotopic (exact) mass is 291 g/mol. The summed E-state index contributed by atoms with van der Waals surface area (Å²) in [6, 6.07) is 12.0. The van der Waals surface area contributed by atoms with Gasteiger partial charge in [0.1, 0.15) is 6.33 Å². The van der Waals surface area contributed by atoms with Gasteiger partial charge in [-0.15, -0.1) is 10.2 Å². The molecule has 1 aromatic carbocycles. The third kappa shape index (κ3) is 2.24. The Hall–Kier alpha value is -3.02. The van der Waals surface area contributed by atoms with Gasteiger partial charge in [0.2, 0.25) is 11.7 Å². The molecule has 108 valence electrons. The zero-order valence-electron chi connectivity index (χ0n) is 12.0. The SMILES string of the molecule is Cc1ccccc1Cc1nc(-c2ccc3nncn3c2)no1. The number of aromatic nitrogens is 5. The van der Waals surface area contributed by atoms with Crippen molar-refractivity contribution in [3.05, 3.63) is 65.9 Å². The maximum atomic E-state index is 5.37. The molecule has 3 heterocycles. The van der Waals surface area contributed by atoms with E-state index in [-0.39, 0.29) is 0 Å². The second-order valence-corrected chi connectivity index (χ2v) is 5.13. The average molecular weight is 291 g/mol. The molecule has 0 saturated heterocycles. The molecule has 0 aliphatic rings. The number of aryl methyl sites for hydroxylation is 1. The van der Waals surface area contributed by atoms with Crippen LogP contribution in [0.2, 0.25) is 0 Å². The quantitative estimate of drug-likeness (QED) is 0.580. The summed E-state index contributed by atoms with van der Waals surface area (Å²) < 4.78 is 7.20. The minimum Gasteiger partial charge on any atom is -0.339 e. The molecule has 4 aromatic rings.